The minimum atomic E-state index is 0.894. The van der Waals surface area contributed by atoms with Gasteiger partial charge in [0.15, 0.2) is 0 Å². The summed E-state index contributed by atoms with van der Waals surface area (Å²) in [6.07, 6.45) is 5.92. The lowest BCUT2D eigenvalue weighted by Gasteiger charge is -2.01. The van der Waals surface area contributed by atoms with Gasteiger partial charge in [-0.15, -0.1) is 0 Å². The number of nitrogens with one attached hydrogen (secondary N) is 1. The van der Waals surface area contributed by atoms with E-state index < -0.39 is 0 Å². The Morgan fingerprint density at radius 1 is 1.43 bits per heavy atom. The maximum atomic E-state index is 4.30. The van der Waals surface area contributed by atoms with Crippen LogP contribution in [0.25, 0.3) is 0 Å². The molecule has 0 saturated carbocycles. The van der Waals surface area contributed by atoms with Crippen LogP contribution in [-0.4, -0.2) is 20.8 Å². The number of nitrogens with zero attached hydrogens (tertiary/aromatic N) is 2. The Kier molecular flexibility index (Phi) is 6.18. The van der Waals surface area contributed by atoms with Crippen molar-refractivity contribution < 1.29 is 0 Å². The normalized spacial score (nSPS) is 10.7. The molecule has 1 aromatic rings. The van der Waals surface area contributed by atoms with E-state index in [1.54, 1.807) is 0 Å². The molecule has 0 radical (unpaired) electrons. The summed E-state index contributed by atoms with van der Waals surface area (Å²) >= 11 is 2.43. The minimum absolute atomic E-state index is 0.894. The molecule has 0 atom stereocenters. The van der Waals surface area contributed by atoms with Crippen LogP contribution in [0.3, 0.4) is 0 Å². The van der Waals surface area contributed by atoms with Crippen molar-refractivity contribution in [2.45, 2.75) is 25.8 Å². The Balaban J connectivity index is 1.99. The van der Waals surface area contributed by atoms with E-state index in [4.69, 9.17) is 0 Å². The Morgan fingerprint density at radius 3 is 2.93 bits per heavy atom. The minimum Gasteiger partial charge on any atom is -0.311 e. The Hall–Kier alpha value is -0.100. The van der Waals surface area contributed by atoms with Gasteiger partial charge in [0.2, 0.25) is 0 Å². The van der Waals surface area contributed by atoms with E-state index in [9.17, 15) is 0 Å². The molecular formula is C10H18IN3. The summed E-state index contributed by atoms with van der Waals surface area (Å²) in [7, 11) is 1.95. The molecule has 0 bridgehead atoms. The van der Waals surface area contributed by atoms with Gasteiger partial charge in [-0.05, 0) is 29.9 Å². The topological polar surface area (TPSA) is 29.9 Å². The van der Waals surface area contributed by atoms with E-state index in [-0.39, 0.29) is 0 Å². The third-order valence-corrected chi connectivity index (χ3v) is 2.82. The van der Waals surface area contributed by atoms with Gasteiger partial charge in [0.1, 0.15) is 0 Å². The molecule has 3 nitrogen and oxygen atoms in total. The molecule has 0 unspecified atom stereocenters. The standard InChI is InChI=1S/C10H18IN3/c1-14-8-5-10(13-14)9-12-7-4-2-3-6-11/h5,8,12H,2-4,6-7,9H2,1H3. The number of aryl methyl sites for hydroxylation is 1. The van der Waals surface area contributed by atoms with Crippen LogP contribution in [0.5, 0.6) is 0 Å². The lowest BCUT2D eigenvalue weighted by atomic mass is 10.2. The molecule has 0 saturated heterocycles. The summed E-state index contributed by atoms with van der Waals surface area (Å²) in [5, 5.41) is 7.69. The SMILES string of the molecule is Cn1ccc(CNCCCCCI)n1. The van der Waals surface area contributed by atoms with E-state index in [0.29, 0.717) is 0 Å². The number of hydrogen-bond acceptors (Lipinski definition) is 2. The smallest absolute Gasteiger partial charge is 0.0762 e. The van der Waals surface area contributed by atoms with Crippen molar-refractivity contribution in [2.75, 3.05) is 11.0 Å². The number of halogens is 1. The first-order valence-corrected chi connectivity index (χ1v) is 6.60. The number of alkyl halides is 1. The summed E-state index contributed by atoms with van der Waals surface area (Å²) in [4.78, 5) is 0. The predicted molar refractivity (Wildman–Crippen MR) is 67.7 cm³/mol. The zero-order valence-corrected chi connectivity index (χ0v) is 10.8. The van der Waals surface area contributed by atoms with Crippen LogP contribution in [0.1, 0.15) is 25.0 Å². The fraction of sp³-hybridized carbons (Fsp3) is 0.700. The van der Waals surface area contributed by atoms with Crippen LogP contribution in [-0.2, 0) is 13.6 Å². The van der Waals surface area contributed by atoms with Crippen molar-refractivity contribution in [2.24, 2.45) is 7.05 Å². The summed E-state index contributed by atoms with van der Waals surface area (Å²) in [5.74, 6) is 0. The Labute approximate surface area is 99.4 Å². The molecule has 0 aromatic carbocycles. The predicted octanol–water partition coefficient (Wildman–Crippen LogP) is 2.11. The van der Waals surface area contributed by atoms with Gasteiger partial charge in [0.05, 0.1) is 5.69 Å². The van der Waals surface area contributed by atoms with E-state index in [1.165, 1.54) is 23.7 Å². The fourth-order valence-electron chi connectivity index (χ4n) is 1.30. The summed E-state index contributed by atoms with van der Waals surface area (Å²) in [6, 6.07) is 2.05. The highest BCUT2D eigenvalue weighted by Gasteiger charge is 1.95. The van der Waals surface area contributed by atoms with Crippen molar-refractivity contribution in [3.05, 3.63) is 18.0 Å². The van der Waals surface area contributed by atoms with Gasteiger partial charge < -0.3 is 5.32 Å². The number of hydrogen-bond donors (Lipinski definition) is 1. The van der Waals surface area contributed by atoms with Gasteiger partial charge in [-0.25, -0.2) is 0 Å². The van der Waals surface area contributed by atoms with Crippen molar-refractivity contribution in [1.29, 1.82) is 0 Å². The van der Waals surface area contributed by atoms with Gasteiger partial charge in [-0.2, -0.15) is 5.10 Å². The van der Waals surface area contributed by atoms with Crippen molar-refractivity contribution in [3.63, 3.8) is 0 Å². The molecule has 4 heteroatoms. The van der Waals surface area contributed by atoms with Crippen molar-refractivity contribution in [1.82, 2.24) is 15.1 Å². The fourth-order valence-corrected chi connectivity index (χ4v) is 1.83. The zero-order valence-electron chi connectivity index (χ0n) is 8.67. The average molecular weight is 307 g/mol. The first-order chi connectivity index (χ1) is 6.83. The third-order valence-electron chi connectivity index (χ3n) is 2.06. The molecule has 1 heterocycles. The van der Waals surface area contributed by atoms with E-state index in [2.05, 4.69) is 39.1 Å². The molecule has 0 spiro atoms. The second kappa shape index (κ2) is 7.23. The number of aromatic nitrogens is 2. The van der Waals surface area contributed by atoms with Crippen LogP contribution in [0.2, 0.25) is 0 Å². The zero-order chi connectivity index (χ0) is 10.2. The van der Waals surface area contributed by atoms with Crippen molar-refractivity contribution >= 4 is 22.6 Å². The van der Waals surface area contributed by atoms with Gasteiger partial charge in [0.25, 0.3) is 0 Å². The van der Waals surface area contributed by atoms with Crippen LogP contribution >= 0.6 is 22.6 Å². The lowest BCUT2D eigenvalue weighted by molar-refractivity contribution is 0.606. The van der Waals surface area contributed by atoms with Crippen LogP contribution in [0, 0.1) is 0 Å². The Morgan fingerprint density at radius 2 is 2.29 bits per heavy atom. The molecule has 1 rings (SSSR count). The largest absolute Gasteiger partial charge is 0.311 e. The van der Waals surface area contributed by atoms with E-state index in [1.807, 2.05) is 17.9 Å². The molecule has 1 aromatic heterocycles. The van der Waals surface area contributed by atoms with E-state index >= 15 is 0 Å². The van der Waals surface area contributed by atoms with Crippen LogP contribution < -0.4 is 5.32 Å². The van der Waals surface area contributed by atoms with Crippen LogP contribution in [0.15, 0.2) is 12.3 Å². The molecule has 0 aliphatic rings. The highest BCUT2D eigenvalue weighted by Crippen LogP contribution is 1.98. The van der Waals surface area contributed by atoms with Crippen molar-refractivity contribution in [3.8, 4) is 0 Å². The first-order valence-electron chi connectivity index (χ1n) is 5.08. The highest BCUT2D eigenvalue weighted by atomic mass is 127. The van der Waals surface area contributed by atoms with Gasteiger partial charge >= 0.3 is 0 Å². The molecule has 1 N–H and O–H groups in total. The van der Waals surface area contributed by atoms with Gasteiger partial charge in [-0.3, -0.25) is 4.68 Å². The molecule has 0 amide bonds. The third kappa shape index (κ3) is 4.95. The van der Waals surface area contributed by atoms with Gasteiger partial charge in [0, 0.05) is 19.8 Å². The second-order valence-corrected chi connectivity index (χ2v) is 4.49. The summed E-state index contributed by atoms with van der Waals surface area (Å²) < 4.78 is 3.12. The van der Waals surface area contributed by atoms with Crippen LogP contribution in [0.4, 0.5) is 0 Å². The molecule has 14 heavy (non-hydrogen) atoms. The quantitative estimate of drug-likeness (QED) is 0.475. The summed E-state index contributed by atoms with van der Waals surface area (Å²) in [6.45, 7) is 2.00. The molecule has 0 aliphatic carbocycles. The lowest BCUT2D eigenvalue weighted by Crippen LogP contribution is -2.15. The monoisotopic (exact) mass is 307 g/mol. The number of unbranched alkanes of at least 4 members (excludes halogenated alkanes) is 2. The Bertz CT molecular complexity index is 247. The van der Waals surface area contributed by atoms with E-state index in [0.717, 1.165) is 18.8 Å². The highest BCUT2D eigenvalue weighted by molar-refractivity contribution is 14.1. The molecule has 0 aliphatic heterocycles. The van der Waals surface area contributed by atoms with Gasteiger partial charge in [-0.1, -0.05) is 29.0 Å². The number of rotatable bonds is 7. The average Bonchev–Trinajstić information content (AvgIpc) is 2.58. The maximum absolute atomic E-state index is 4.30. The molecule has 80 valence electrons. The maximum Gasteiger partial charge on any atom is 0.0762 e. The molecule has 0 fully saturated rings. The summed E-state index contributed by atoms with van der Waals surface area (Å²) in [5.41, 5.74) is 1.13. The molecular weight excluding hydrogens is 289 g/mol. The first kappa shape index (κ1) is 12.0. The second-order valence-electron chi connectivity index (χ2n) is 3.41.